The van der Waals surface area contributed by atoms with Gasteiger partial charge in [0.05, 0.1) is 0 Å². The third-order valence-corrected chi connectivity index (χ3v) is 2.22. The summed E-state index contributed by atoms with van der Waals surface area (Å²) in [6.45, 7) is 2.34. The summed E-state index contributed by atoms with van der Waals surface area (Å²) in [6, 6.07) is 0.729. The highest BCUT2D eigenvalue weighted by Crippen LogP contribution is 2.08. The van der Waals surface area contributed by atoms with Crippen LogP contribution in [0.15, 0.2) is 12.2 Å². The first-order valence-corrected chi connectivity index (χ1v) is 4.82. The summed E-state index contributed by atoms with van der Waals surface area (Å²) in [7, 11) is 4.24. The van der Waals surface area contributed by atoms with Gasteiger partial charge < -0.3 is 10.2 Å². The minimum atomic E-state index is 0.729. The van der Waals surface area contributed by atoms with Crippen LogP contribution in [0.5, 0.6) is 0 Å². The Morgan fingerprint density at radius 3 is 2.58 bits per heavy atom. The first-order valence-electron chi connectivity index (χ1n) is 4.82. The van der Waals surface area contributed by atoms with Crippen LogP contribution in [-0.4, -0.2) is 38.1 Å². The van der Waals surface area contributed by atoms with E-state index in [-0.39, 0.29) is 0 Å². The second kappa shape index (κ2) is 5.33. The minimum absolute atomic E-state index is 0.729. The Hall–Kier alpha value is -0.340. The zero-order chi connectivity index (χ0) is 8.81. The topological polar surface area (TPSA) is 15.3 Å². The van der Waals surface area contributed by atoms with Gasteiger partial charge in [-0.1, -0.05) is 12.2 Å². The van der Waals surface area contributed by atoms with Crippen LogP contribution < -0.4 is 5.32 Å². The summed E-state index contributed by atoms with van der Waals surface area (Å²) < 4.78 is 0. The van der Waals surface area contributed by atoms with Crippen molar-refractivity contribution in [1.82, 2.24) is 10.2 Å². The Labute approximate surface area is 75.6 Å². The van der Waals surface area contributed by atoms with Crippen molar-refractivity contribution in [1.29, 1.82) is 0 Å². The summed E-state index contributed by atoms with van der Waals surface area (Å²) in [5.74, 6) is 0. The molecular formula is C10H20N2. The lowest BCUT2D eigenvalue weighted by molar-refractivity contribution is 0.387. The molecule has 0 unspecified atom stereocenters. The Balaban J connectivity index is 1.89. The van der Waals surface area contributed by atoms with Crippen molar-refractivity contribution in [2.24, 2.45) is 0 Å². The Morgan fingerprint density at radius 1 is 1.33 bits per heavy atom. The van der Waals surface area contributed by atoms with Crippen molar-refractivity contribution in [2.75, 3.05) is 27.2 Å². The third kappa shape index (κ3) is 3.88. The average molecular weight is 168 g/mol. The zero-order valence-corrected chi connectivity index (χ0v) is 8.21. The lowest BCUT2D eigenvalue weighted by atomic mass is 10.2. The van der Waals surface area contributed by atoms with E-state index in [1.807, 2.05) is 0 Å². The van der Waals surface area contributed by atoms with Gasteiger partial charge in [0.25, 0.3) is 0 Å². The fourth-order valence-corrected chi connectivity index (χ4v) is 1.49. The maximum absolute atomic E-state index is 3.55. The standard InChI is InChI=1S/C10H20N2/c1-12(2)9-5-8-11-10-6-3-4-7-10/h3-4,10-11H,5-9H2,1-2H3. The molecule has 12 heavy (non-hydrogen) atoms. The van der Waals surface area contributed by atoms with Crippen LogP contribution in [0.3, 0.4) is 0 Å². The summed E-state index contributed by atoms with van der Waals surface area (Å²) in [5.41, 5.74) is 0. The van der Waals surface area contributed by atoms with Gasteiger partial charge in [0.15, 0.2) is 0 Å². The van der Waals surface area contributed by atoms with Gasteiger partial charge in [-0.15, -0.1) is 0 Å². The molecule has 1 N–H and O–H groups in total. The van der Waals surface area contributed by atoms with Crippen LogP contribution in [0, 0.1) is 0 Å². The molecular weight excluding hydrogens is 148 g/mol. The quantitative estimate of drug-likeness (QED) is 0.491. The molecule has 0 amide bonds. The van der Waals surface area contributed by atoms with Crippen LogP contribution in [0.2, 0.25) is 0 Å². The number of nitrogens with one attached hydrogen (secondary N) is 1. The molecule has 0 aromatic heterocycles. The molecule has 70 valence electrons. The molecule has 0 bridgehead atoms. The largest absolute Gasteiger partial charge is 0.313 e. The zero-order valence-electron chi connectivity index (χ0n) is 8.21. The highest BCUT2D eigenvalue weighted by Gasteiger charge is 2.07. The molecule has 0 atom stereocenters. The molecule has 2 nitrogen and oxygen atoms in total. The van der Waals surface area contributed by atoms with Crippen LogP contribution in [0.25, 0.3) is 0 Å². The van der Waals surface area contributed by atoms with Crippen molar-refractivity contribution in [3.8, 4) is 0 Å². The van der Waals surface area contributed by atoms with Crippen molar-refractivity contribution < 1.29 is 0 Å². The Bertz CT molecular complexity index is 133. The number of rotatable bonds is 5. The van der Waals surface area contributed by atoms with Gasteiger partial charge in [0, 0.05) is 6.04 Å². The number of hydrogen-bond acceptors (Lipinski definition) is 2. The summed E-state index contributed by atoms with van der Waals surface area (Å²) in [6.07, 6.45) is 8.24. The molecule has 0 aromatic rings. The van der Waals surface area contributed by atoms with E-state index in [1.165, 1.54) is 25.8 Å². The Kier molecular flexibility index (Phi) is 4.33. The van der Waals surface area contributed by atoms with E-state index in [0.717, 1.165) is 12.6 Å². The van der Waals surface area contributed by atoms with E-state index >= 15 is 0 Å². The van der Waals surface area contributed by atoms with Crippen LogP contribution >= 0.6 is 0 Å². The normalized spacial score (nSPS) is 17.9. The van der Waals surface area contributed by atoms with Crippen LogP contribution in [-0.2, 0) is 0 Å². The van der Waals surface area contributed by atoms with E-state index in [9.17, 15) is 0 Å². The number of hydrogen-bond donors (Lipinski definition) is 1. The van der Waals surface area contributed by atoms with Crippen molar-refractivity contribution >= 4 is 0 Å². The minimum Gasteiger partial charge on any atom is -0.313 e. The van der Waals surface area contributed by atoms with Gasteiger partial charge in [-0.25, -0.2) is 0 Å². The van der Waals surface area contributed by atoms with Gasteiger partial charge in [-0.2, -0.15) is 0 Å². The van der Waals surface area contributed by atoms with E-state index in [1.54, 1.807) is 0 Å². The predicted molar refractivity (Wildman–Crippen MR) is 53.3 cm³/mol. The lowest BCUT2D eigenvalue weighted by Crippen LogP contribution is -2.29. The highest BCUT2D eigenvalue weighted by atomic mass is 15.1. The summed E-state index contributed by atoms with van der Waals surface area (Å²) in [5, 5.41) is 3.55. The first-order chi connectivity index (χ1) is 5.79. The van der Waals surface area contributed by atoms with Gasteiger partial charge in [-0.05, 0) is 46.4 Å². The van der Waals surface area contributed by atoms with Crippen molar-refractivity contribution in [3.63, 3.8) is 0 Å². The van der Waals surface area contributed by atoms with E-state index in [4.69, 9.17) is 0 Å². The molecule has 1 aliphatic carbocycles. The third-order valence-electron chi connectivity index (χ3n) is 2.22. The van der Waals surface area contributed by atoms with Gasteiger partial charge >= 0.3 is 0 Å². The van der Waals surface area contributed by atoms with Gasteiger partial charge in [0.2, 0.25) is 0 Å². The molecule has 0 spiro atoms. The average Bonchev–Trinajstić information content (AvgIpc) is 2.49. The SMILES string of the molecule is CN(C)CCCNC1CC=CC1. The maximum Gasteiger partial charge on any atom is 0.0136 e. The molecule has 0 heterocycles. The van der Waals surface area contributed by atoms with Crippen LogP contribution in [0.1, 0.15) is 19.3 Å². The van der Waals surface area contributed by atoms with Crippen molar-refractivity contribution in [3.05, 3.63) is 12.2 Å². The highest BCUT2D eigenvalue weighted by molar-refractivity contribution is 4.97. The van der Waals surface area contributed by atoms with E-state index in [0.29, 0.717) is 0 Å². The van der Waals surface area contributed by atoms with Gasteiger partial charge in [-0.3, -0.25) is 0 Å². The van der Waals surface area contributed by atoms with Crippen molar-refractivity contribution in [2.45, 2.75) is 25.3 Å². The second-order valence-corrected chi connectivity index (χ2v) is 3.75. The fraction of sp³-hybridized carbons (Fsp3) is 0.800. The second-order valence-electron chi connectivity index (χ2n) is 3.75. The Morgan fingerprint density at radius 2 is 2.00 bits per heavy atom. The first kappa shape index (κ1) is 9.75. The van der Waals surface area contributed by atoms with Crippen LogP contribution in [0.4, 0.5) is 0 Å². The molecule has 0 saturated heterocycles. The maximum atomic E-state index is 3.55. The molecule has 1 rings (SSSR count). The summed E-state index contributed by atoms with van der Waals surface area (Å²) in [4.78, 5) is 2.23. The van der Waals surface area contributed by atoms with Gasteiger partial charge in [0.1, 0.15) is 0 Å². The lowest BCUT2D eigenvalue weighted by Gasteiger charge is -2.13. The fourth-order valence-electron chi connectivity index (χ4n) is 1.49. The summed E-state index contributed by atoms with van der Waals surface area (Å²) >= 11 is 0. The molecule has 0 saturated carbocycles. The molecule has 1 aliphatic rings. The molecule has 2 heteroatoms. The molecule has 0 fully saturated rings. The van der Waals surface area contributed by atoms with E-state index in [2.05, 4.69) is 36.5 Å². The monoisotopic (exact) mass is 168 g/mol. The predicted octanol–water partition coefficient (Wildman–Crippen LogP) is 1.25. The molecule has 0 aromatic carbocycles. The number of nitrogens with zero attached hydrogens (tertiary/aromatic N) is 1. The smallest absolute Gasteiger partial charge is 0.0136 e. The van der Waals surface area contributed by atoms with E-state index < -0.39 is 0 Å². The molecule has 0 radical (unpaired) electrons. The molecule has 0 aliphatic heterocycles.